The summed E-state index contributed by atoms with van der Waals surface area (Å²) in [6, 6.07) is 5.38. The Kier molecular flexibility index (Phi) is 2.78. The van der Waals surface area contributed by atoms with Gasteiger partial charge in [0.2, 0.25) is 0 Å². The molecule has 0 aliphatic heterocycles. The molecule has 0 spiro atoms. The first-order chi connectivity index (χ1) is 7.70. The van der Waals surface area contributed by atoms with Crippen LogP contribution >= 0.6 is 0 Å². The fourth-order valence-corrected chi connectivity index (χ4v) is 1.74. The first-order valence-corrected chi connectivity index (χ1v) is 5.00. The second-order valence-corrected chi connectivity index (χ2v) is 3.54. The molecule has 84 valence electrons. The van der Waals surface area contributed by atoms with Gasteiger partial charge in [0.1, 0.15) is 0 Å². The SMILES string of the molecule is NCCc1c[nH]c2ccc(NC(=O)O)cc12. The Labute approximate surface area is 92.3 Å². The summed E-state index contributed by atoms with van der Waals surface area (Å²) in [5.74, 6) is 0. The molecule has 5 heteroatoms. The highest BCUT2D eigenvalue weighted by Gasteiger charge is 2.05. The van der Waals surface area contributed by atoms with Gasteiger partial charge in [-0.05, 0) is 36.7 Å². The van der Waals surface area contributed by atoms with E-state index in [1.807, 2.05) is 18.3 Å². The molecule has 1 aromatic heterocycles. The monoisotopic (exact) mass is 219 g/mol. The maximum absolute atomic E-state index is 10.5. The lowest BCUT2D eigenvalue weighted by Gasteiger charge is -2.01. The Hall–Kier alpha value is -2.01. The van der Waals surface area contributed by atoms with Crippen molar-refractivity contribution in [2.45, 2.75) is 6.42 Å². The van der Waals surface area contributed by atoms with Crippen molar-refractivity contribution < 1.29 is 9.90 Å². The molecule has 0 saturated carbocycles. The lowest BCUT2D eigenvalue weighted by Crippen LogP contribution is -2.07. The molecule has 1 heterocycles. The highest BCUT2D eigenvalue weighted by atomic mass is 16.4. The van der Waals surface area contributed by atoms with Crippen molar-refractivity contribution in [3.05, 3.63) is 30.0 Å². The van der Waals surface area contributed by atoms with Gasteiger partial charge in [-0.1, -0.05) is 0 Å². The van der Waals surface area contributed by atoms with Gasteiger partial charge in [-0.2, -0.15) is 0 Å². The molecule has 0 unspecified atom stereocenters. The van der Waals surface area contributed by atoms with E-state index in [0.29, 0.717) is 12.2 Å². The van der Waals surface area contributed by atoms with Crippen LogP contribution in [-0.4, -0.2) is 22.7 Å². The van der Waals surface area contributed by atoms with Crippen molar-refractivity contribution in [1.82, 2.24) is 4.98 Å². The first-order valence-electron chi connectivity index (χ1n) is 5.00. The Morgan fingerprint density at radius 3 is 3.00 bits per heavy atom. The van der Waals surface area contributed by atoms with Crippen molar-refractivity contribution in [2.75, 3.05) is 11.9 Å². The summed E-state index contributed by atoms with van der Waals surface area (Å²) in [4.78, 5) is 13.6. The predicted molar refractivity (Wildman–Crippen MR) is 62.7 cm³/mol. The van der Waals surface area contributed by atoms with Crippen LogP contribution < -0.4 is 11.1 Å². The van der Waals surface area contributed by atoms with E-state index in [1.165, 1.54) is 0 Å². The number of carbonyl (C=O) groups is 1. The number of hydrogen-bond donors (Lipinski definition) is 4. The summed E-state index contributed by atoms with van der Waals surface area (Å²) in [5, 5.41) is 12.0. The summed E-state index contributed by atoms with van der Waals surface area (Å²) in [6.07, 6.45) is 1.62. The summed E-state index contributed by atoms with van der Waals surface area (Å²) in [7, 11) is 0. The molecule has 0 fully saturated rings. The molecule has 0 atom stereocenters. The third-order valence-electron chi connectivity index (χ3n) is 2.43. The molecule has 0 radical (unpaired) electrons. The zero-order valence-electron chi connectivity index (χ0n) is 8.66. The van der Waals surface area contributed by atoms with Crippen LogP contribution in [-0.2, 0) is 6.42 Å². The fourth-order valence-electron chi connectivity index (χ4n) is 1.74. The van der Waals surface area contributed by atoms with Gasteiger partial charge in [0, 0.05) is 22.8 Å². The molecule has 0 bridgehead atoms. The minimum absolute atomic E-state index is 0.567. The quantitative estimate of drug-likeness (QED) is 0.633. The van der Waals surface area contributed by atoms with Crippen molar-refractivity contribution in [3.8, 4) is 0 Å². The molecular weight excluding hydrogens is 206 g/mol. The second-order valence-electron chi connectivity index (χ2n) is 3.54. The number of H-pyrrole nitrogens is 1. The van der Waals surface area contributed by atoms with E-state index in [1.54, 1.807) is 6.07 Å². The fraction of sp³-hybridized carbons (Fsp3) is 0.182. The van der Waals surface area contributed by atoms with Crippen LogP contribution in [0, 0.1) is 0 Å². The molecule has 5 N–H and O–H groups in total. The maximum atomic E-state index is 10.5. The number of aromatic nitrogens is 1. The number of amides is 1. The number of aromatic amines is 1. The molecule has 0 aliphatic carbocycles. The highest BCUT2D eigenvalue weighted by Crippen LogP contribution is 2.22. The zero-order chi connectivity index (χ0) is 11.5. The van der Waals surface area contributed by atoms with Gasteiger partial charge >= 0.3 is 6.09 Å². The normalized spacial score (nSPS) is 10.6. The lowest BCUT2D eigenvalue weighted by atomic mass is 10.1. The Bertz CT molecular complexity index is 519. The molecule has 5 nitrogen and oxygen atoms in total. The van der Waals surface area contributed by atoms with E-state index in [4.69, 9.17) is 10.8 Å². The lowest BCUT2D eigenvalue weighted by molar-refractivity contribution is 0.210. The van der Waals surface area contributed by atoms with Crippen molar-refractivity contribution >= 4 is 22.7 Å². The highest BCUT2D eigenvalue weighted by molar-refractivity contribution is 5.91. The largest absolute Gasteiger partial charge is 0.465 e. The van der Waals surface area contributed by atoms with Gasteiger partial charge in [0.15, 0.2) is 0 Å². The number of anilines is 1. The van der Waals surface area contributed by atoms with Crippen molar-refractivity contribution in [2.24, 2.45) is 5.73 Å². The number of nitrogens with two attached hydrogens (primary N) is 1. The van der Waals surface area contributed by atoms with E-state index in [-0.39, 0.29) is 0 Å². The van der Waals surface area contributed by atoms with Gasteiger partial charge in [-0.15, -0.1) is 0 Å². The van der Waals surface area contributed by atoms with Gasteiger partial charge in [0.25, 0.3) is 0 Å². The van der Waals surface area contributed by atoms with Crippen LogP contribution in [0.15, 0.2) is 24.4 Å². The average Bonchev–Trinajstić information content (AvgIpc) is 2.61. The summed E-state index contributed by atoms with van der Waals surface area (Å²) < 4.78 is 0. The molecule has 2 aromatic rings. The molecule has 0 aliphatic rings. The summed E-state index contributed by atoms with van der Waals surface area (Å²) in [6.45, 7) is 0.573. The number of fused-ring (bicyclic) bond motifs is 1. The Balaban J connectivity index is 2.41. The van der Waals surface area contributed by atoms with Gasteiger partial charge in [0.05, 0.1) is 0 Å². The molecule has 1 aromatic carbocycles. The Morgan fingerprint density at radius 2 is 2.31 bits per heavy atom. The van der Waals surface area contributed by atoms with Crippen molar-refractivity contribution in [1.29, 1.82) is 0 Å². The Morgan fingerprint density at radius 1 is 1.50 bits per heavy atom. The standard InChI is InChI=1S/C11H13N3O2/c12-4-3-7-6-13-10-2-1-8(5-9(7)10)14-11(15)16/h1-2,5-6,13-14H,3-4,12H2,(H,15,16). The van der Waals surface area contributed by atoms with Crippen LogP contribution in [0.4, 0.5) is 10.5 Å². The zero-order valence-corrected chi connectivity index (χ0v) is 8.66. The third kappa shape index (κ3) is 1.99. The minimum atomic E-state index is -1.06. The number of hydrogen-bond acceptors (Lipinski definition) is 2. The third-order valence-corrected chi connectivity index (χ3v) is 2.43. The van der Waals surface area contributed by atoms with Crippen molar-refractivity contribution in [3.63, 3.8) is 0 Å². The predicted octanol–water partition coefficient (Wildman–Crippen LogP) is 1.76. The molecule has 1 amide bonds. The van der Waals surface area contributed by atoms with Gasteiger partial charge in [-0.25, -0.2) is 4.79 Å². The molecule has 16 heavy (non-hydrogen) atoms. The van der Waals surface area contributed by atoms with Crippen LogP contribution in [0.1, 0.15) is 5.56 Å². The summed E-state index contributed by atoms with van der Waals surface area (Å²) in [5.41, 5.74) is 8.16. The molecule has 0 saturated heterocycles. The van der Waals surface area contributed by atoms with Crippen LogP contribution in [0.5, 0.6) is 0 Å². The van der Waals surface area contributed by atoms with Crippen LogP contribution in [0.2, 0.25) is 0 Å². The first kappa shape index (κ1) is 10.5. The van der Waals surface area contributed by atoms with Crippen LogP contribution in [0.3, 0.4) is 0 Å². The minimum Gasteiger partial charge on any atom is -0.465 e. The maximum Gasteiger partial charge on any atom is 0.409 e. The van der Waals surface area contributed by atoms with E-state index >= 15 is 0 Å². The number of benzene rings is 1. The van der Waals surface area contributed by atoms with Crippen LogP contribution in [0.25, 0.3) is 10.9 Å². The van der Waals surface area contributed by atoms with E-state index in [0.717, 1.165) is 22.9 Å². The topological polar surface area (TPSA) is 91.1 Å². The van der Waals surface area contributed by atoms with Gasteiger partial charge in [-0.3, -0.25) is 5.32 Å². The second kappa shape index (κ2) is 4.24. The van der Waals surface area contributed by atoms with E-state index in [2.05, 4.69) is 10.3 Å². The smallest absolute Gasteiger partial charge is 0.409 e. The van der Waals surface area contributed by atoms with E-state index < -0.39 is 6.09 Å². The number of nitrogens with one attached hydrogen (secondary N) is 2. The molecular formula is C11H13N3O2. The van der Waals surface area contributed by atoms with Gasteiger partial charge < -0.3 is 15.8 Å². The molecule has 2 rings (SSSR count). The average molecular weight is 219 g/mol. The van der Waals surface area contributed by atoms with E-state index in [9.17, 15) is 4.79 Å². The number of rotatable bonds is 3. The summed E-state index contributed by atoms with van der Waals surface area (Å²) >= 11 is 0. The number of carboxylic acid groups (broad SMARTS) is 1.